The summed E-state index contributed by atoms with van der Waals surface area (Å²) < 4.78 is 14.8. The van der Waals surface area contributed by atoms with Crippen molar-refractivity contribution in [3.8, 4) is 0 Å². The number of fused-ring (bicyclic) bond motifs is 1. The average molecular weight is 234 g/mol. The van der Waals surface area contributed by atoms with Crippen molar-refractivity contribution >= 4 is 17.0 Å². The van der Waals surface area contributed by atoms with Crippen LogP contribution in [0.2, 0.25) is 0 Å². The lowest BCUT2D eigenvalue weighted by Crippen LogP contribution is -2.11. The molecule has 0 aliphatic heterocycles. The molecule has 88 valence electrons. The van der Waals surface area contributed by atoms with Gasteiger partial charge in [-0.3, -0.25) is 4.79 Å². The summed E-state index contributed by atoms with van der Waals surface area (Å²) in [7, 11) is 0. The Morgan fingerprint density at radius 2 is 2.29 bits per heavy atom. The van der Waals surface area contributed by atoms with Crippen molar-refractivity contribution in [2.24, 2.45) is 0 Å². The highest BCUT2D eigenvalue weighted by Crippen LogP contribution is 2.40. The molecule has 2 aromatic rings. The predicted octanol–water partition coefficient (Wildman–Crippen LogP) is 2.14. The normalized spacial score (nSPS) is 15.4. The molecule has 0 unspecified atom stereocenters. The molecular weight excluding hydrogens is 223 g/mol. The standard InChI is InChI=1S/C12H11FN2O2/c13-8-3-4-10-9(5-8)14-12(7-1-2-7)15(10)6-11(16)17/h3-5,7H,1-2,6H2,(H,16,17). The molecule has 1 N–H and O–H groups in total. The van der Waals surface area contributed by atoms with E-state index in [-0.39, 0.29) is 12.4 Å². The number of halogens is 1. The summed E-state index contributed by atoms with van der Waals surface area (Å²) in [6.07, 6.45) is 2.07. The van der Waals surface area contributed by atoms with Crippen LogP contribution in [0.15, 0.2) is 18.2 Å². The van der Waals surface area contributed by atoms with Gasteiger partial charge in [0.1, 0.15) is 18.2 Å². The van der Waals surface area contributed by atoms with Crippen LogP contribution in [0.3, 0.4) is 0 Å². The molecule has 0 spiro atoms. The molecule has 0 bridgehead atoms. The van der Waals surface area contributed by atoms with Gasteiger partial charge in [0, 0.05) is 12.0 Å². The van der Waals surface area contributed by atoms with E-state index in [0.717, 1.165) is 18.7 Å². The van der Waals surface area contributed by atoms with Crippen molar-refractivity contribution in [2.45, 2.75) is 25.3 Å². The molecule has 1 fully saturated rings. The second kappa shape index (κ2) is 3.55. The van der Waals surface area contributed by atoms with Crippen molar-refractivity contribution in [1.29, 1.82) is 0 Å². The minimum Gasteiger partial charge on any atom is -0.480 e. The molecule has 0 saturated heterocycles. The Kier molecular flexibility index (Phi) is 2.14. The molecular formula is C12H11FN2O2. The number of imidazole rings is 1. The first-order valence-corrected chi connectivity index (χ1v) is 5.52. The molecule has 1 aromatic heterocycles. The van der Waals surface area contributed by atoms with Gasteiger partial charge in [-0.05, 0) is 25.0 Å². The second-order valence-corrected chi connectivity index (χ2v) is 4.36. The first kappa shape index (κ1) is 10.3. The van der Waals surface area contributed by atoms with Gasteiger partial charge in [0.05, 0.1) is 11.0 Å². The monoisotopic (exact) mass is 234 g/mol. The Labute approximate surface area is 96.7 Å². The van der Waals surface area contributed by atoms with E-state index in [9.17, 15) is 9.18 Å². The Morgan fingerprint density at radius 1 is 1.53 bits per heavy atom. The van der Waals surface area contributed by atoms with E-state index in [1.54, 1.807) is 10.6 Å². The van der Waals surface area contributed by atoms with Gasteiger partial charge in [-0.25, -0.2) is 9.37 Å². The molecule has 5 heteroatoms. The maximum absolute atomic E-state index is 13.1. The Balaban J connectivity index is 2.19. The highest BCUT2D eigenvalue weighted by Gasteiger charge is 2.30. The number of rotatable bonds is 3. The van der Waals surface area contributed by atoms with E-state index in [2.05, 4.69) is 4.98 Å². The van der Waals surface area contributed by atoms with Gasteiger partial charge in [0.15, 0.2) is 0 Å². The summed E-state index contributed by atoms with van der Waals surface area (Å²) in [6.45, 7) is -0.117. The lowest BCUT2D eigenvalue weighted by Gasteiger charge is -2.04. The molecule has 0 radical (unpaired) electrons. The second-order valence-electron chi connectivity index (χ2n) is 4.36. The van der Waals surface area contributed by atoms with E-state index in [1.807, 2.05) is 0 Å². The Bertz CT molecular complexity index is 602. The summed E-state index contributed by atoms with van der Waals surface area (Å²) in [4.78, 5) is 15.2. The number of carbonyl (C=O) groups is 1. The smallest absolute Gasteiger partial charge is 0.323 e. The number of aliphatic carboxylic acids is 1. The molecule has 1 aliphatic carbocycles. The quantitative estimate of drug-likeness (QED) is 0.885. The van der Waals surface area contributed by atoms with Crippen molar-refractivity contribution in [2.75, 3.05) is 0 Å². The first-order chi connectivity index (χ1) is 8.15. The molecule has 1 aliphatic rings. The fourth-order valence-corrected chi connectivity index (χ4v) is 2.08. The SMILES string of the molecule is O=C(O)Cn1c(C2CC2)nc2cc(F)ccc21. The van der Waals surface area contributed by atoms with Gasteiger partial charge in [0.25, 0.3) is 0 Å². The molecule has 17 heavy (non-hydrogen) atoms. The minimum absolute atomic E-state index is 0.117. The van der Waals surface area contributed by atoms with Crippen LogP contribution >= 0.6 is 0 Å². The topological polar surface area (TPSA) is 55.1 Å². The lowest BCUT2D eigenvalue weighted by atomic mass is 10.3. The maximum atomic E-state index is 13.1. The number of hydrogen-bond acceptors (Lipinski definition) is 2. The number of carboxylic acid groups (broad SMARTS) is 1. The Hall–Kier alpha value is -1.91. The summed E-state index contributed by atoms with van der Waals surface area (Å²) in [5, 5.41) is 8.90. The fourth-order valence-electron chi connectivity index (χ4n) is 2.08. The minimum atomic E-state index is -0.907. The van der Waals surface area contributed by atoms with Crippen LogP contribution in [-0.2, 0) is 11.3 Å². The zero-order valence-corrected chi connectivity index (χ0v) is 9.06. The highest BCUT2D eigenvalue weighted by atomic mass is 19.1. The van der Waals surface area contributed by atoms with Crippen molar-refractivity contribution in [1.82, 2.24) is 9.55 Å². The van der Waals surface area contributed by atoms with Gasteiger partial charge < -0.3 is 9.67 Å². The zero-order chi connectivity index (χ0) is 12.0. The lowest BCUT2D eigenvalue weighted by molar-refractivity contribution is -0.137. The summed E-state index contributed by atoms with van der Waals surface area (Å²) in [5.41, 5.74) is 1.23. The van der Waals surface area contributed by atoms with E-state index in [1.165, 1.54) is 12.1 Å². The molecule has 4 nitrogen and oxygen atoms in total. The van der Waals surface area contributed by atoms with Gasteiger partial charge in [0.2, 0.25) is 0 Å². The number of nitrogens with zero attached hydrogens (tertiary/aromatic N) is 2. The van der Waals surface area contributed by atoms with Crippen LogP contribution in [0.5, 0.6) is 0 Å². The van der Waals surface area contributed by atoms with Gasteiger partial charge in [-0.15, -0.1) is 0 Å². The molecule has 0 amide bonds. The third kappa shape index (κ3) is 1.77. The molecule has 1 aromatic carbocycles. The van der Waals surface area contributed by atoms with Gasteiger partial charge in [-0.2, -0.15) is 0 Å². The number of hydrogen-bond donors (Lipinski definition) is 1. The fraction of sp³-hybridized carbons (Fsp3) is 0.333. The maximum Gasteiger partial charge on any atom is 0.323 e. The Morgan fingerprint density at radius 3 is 2.94 bits per heavy atom. The van der Waals surface area contributed by atoms with Crippen molar-refractivity contribution in [3.63, 3.8) is 0 Å². The van der Waals surface area contributed by atoms with Gasteiger partial charge in [-0.1, -0.05) is 0 Å². The van der Waals surface area contributed by atoms with Crippen LogP contribution in [0, 0.1) is 5.82 Å². The zero-order valence-electron chi connectivity index (χ0n) is 9.06. The van der Waals surface area contributed by atoms with Crippen LogP contribution < -0.4 is 0 Å². The van der Waals surface area contributed by atoms with E-state index >= 15 is 0 Å². The third-order valence-corrected chi connectivity index (χ3v) is 2.98. The van der Waals surface area contributed by atoms with Crippen molar-refractivity contribution < 1.29 is 14.3 Å². The largest absolute Gasteiger partial charge is 0.480 e. The van der Waals surface area contributed by atoms with E-state index < -0.39 is 5.97 Å². The molecule has 3 rings (SSSR count). The average Bonchev–Trinajstić information content (AvgIpc) is 3.03. The van der Waals surface area contributed by atoms with Crippen molar-refractivity contribution in [3.05, 3.63) is 29.8 Å². The van der Waals surface area contributed by atoms with Crippen LogP contribution in [0.1, 0.15) is 24.6 Å². The van der Waals surface area contributed by atoms with Gasteiger partial charge >= 0.3 is 5.97 Å². The molecule has 1 heterocycles. The van der Waals surface area contributed by atoms with Crippen LogP contribution in [0.25, 0.3) is 11.0 Å². The van der Waals surface area contributed by atoms with E-state index in [0.29, 0.717) is 17.0 Å². The van der Waals surface area contributed by atoms with Crippen LogP contribution in [-0.4, -0.2) is 20.6 Å². The summed E-state index contributed by atoms with van der Waals surface area (Å²) in [6, 6.07) is 4.27. The first-order valence-electron chi connectivity index (χ1n) is 5.52. The van der Waals surface area contributed by atoms with Crippen LogP contribution in [0.4, 0.5) is 4.39 Å². The number of benzene rings is 1. The molecule has 1 saturated carbocycles. The number of aromatic nitrogens is 2. The highest BCUT2D eigenvalue weighted by molar-refractivity contribution is 5.78. The third-order valence-electron chi connectivity index (χ3n) is 2.98. The van der Waals surface area contributed by atoms with E-state index in [4.69, 9.17) is 5.11 Å². The predicted molar refractivity (Wildman–Crippen MR) is 59.3 cm³/mol. The summed E-state index contributed by atoms with van der Waals surface area (Å²) in [5.74, 6) is -0.145. The number of carboxylic acids is 1. The summed E-state index contributed by atoms with van der Waals surface area (Å²) >= 11 is 0. The molecule has 0 atom stereocenters.